The normalized spacial score (nSPS) is 16.4. The molecule has 0 amide bonds. The lowest BCUT2D eigenvalue weighted by atomic mass is 9.96. The number of rotatable bonds is 7. The first-order chi connectivity index (χ1) is 18.1. The Morgan fingerprint density at radius 2 is 1.89 bits per heavy atom. The summed E-state index contributed by atoms with van der Waals surface area (Å²) in [6.07, 6.45) is -3.73. The SMILES string of the molecule is CCOC(=O)C1CCCN(Cc2c(O)ccc3c(=O)c(-c4ccc(OC)c(OC)c4)c(C(F)(F)F)oc23)C1. The fourth-order valence-electron chi connectivity index (χ4n) is 4.79. The van der Waals surface area contributed by atoms with Crippen LogP contribution < -0.4 is 14.9 Å². The number of halogens is 3. The first kappa shape index (κ1) is 27.3. The topological polar surface area (TPSA) is 98.4 Å². The third-order valence-corrected chi connectivity index (χ3v) is 6.58. The highest BCUT2D eigenvalue weighted by Crippen LogP contribution is 2.41. The van der Waals surface area contributed by atoms with Gasteiger partial charge in [-0.3, -0.25) is 14.5 Å². The van der Waals surface area contributed by atoms with Crippen LogP contribution in [0.3, 0.4) is 0 Å². The van der Waals surface area contributed by atoms with E-state index < -0.39 is 28.8 Å². The molecule has 0 radical (unpaired) electrons. The largest absolute Gasteiger partial charge is 0.507 e. The van der Waals surface area contributed by atoms with Crippen LogP contribution in [-0.4, -0.2) is 49.9 Å². The minimum absolute atomic E-state index is 0.0188. The molecule has 8 nitrogen and oxygen atoms in total. The lowest BCUT2D eigenvalue weighted by Gasteiger charge is -2.31. The van der Waals surface area contributed by atoms with E-state index in [-0.39, 0.29) is 58.5 Å². The number of nitrogens with zero attached hydrogens (tertiary/aromatic N) is 1. The van der Waals surface area contributed by atoms with Gasteiger partial charge in [0.25, 0.3) is 0 Å². The van der Waals surface area contributed by atoms with E-state index in [1.165, 1.54) is 44.6 Å². The van der Waals surface area contributed by atoms with Crippen LogP contribution in [0.5, 0.6) is 17.2 Å². The third-order valence-electron chi connectivity index (χ3n) is 6.58. The van der Waals surface area contributed by atoms with Gasteiger partial charge in [-0.1, -0.05) is 6.07 Å². The standard InChI is InChI=1S/C27H28F3NO7/c1-4-37-26(34)16-6-5-11-31(13-16)14-18-19(32)9-8-17-23(33)22(25(27(28,29)30)38-24(17)18)15-7-10-20(35-2)21(12-15)36-3/h7-10,12,16,32H,4-6,11,13-14H2,1-3H3. The molecule has 1 aliphatic heterocycles. The number of ether oxygens (including phenoxy) is 3. The number of fused-ring (bicyclic) bond motifs is 1. The van der Waals surface area contributed by atoms with E-state index >= 15 is 0 Å². The van der Waals surface area contributed by atoms with Gasteiger partial charge in [-0.2, -0.15) is 13.2 Å². The summed E-state index contributed by atoms with van der Waals surface area (Å²) >= 11 is 0. The zero-order valence-corrected chi connectivity index (χ0v) is 21.2. The van der Waals surface area contributed by atoms with Crippen molar-refractivity contribution in [3.63, 3.8) is 0 Å². The summed E-state index contributed by atoms with van der Waals surface area (Å²) in [7, 11) is 2.71. The molecule has 1 saturated heterocycles. The van der Waals surface area contributed by atoms with E-state index in [9.17, 15) is 27.9 Å². The molecule has 0 aliphatic carbocycles. The van der Waals surface area contributed by atoms with Crippen molar-refractivity contribution >= 4 is 16.9 Å². The number of hydrogen-bond acceptors (Lipinski definition) is 8. The van der Waals surface area contributed by atoms with Crippen molar-refractivity contribution in [3.05, 3.63) is 51.9 Å². The molecule has 204 valence electrons. The number of piperidine rings is 1. The molecule has 1 aliphatic rings. The average Bonchev–Trinajstić information content (AvgIpc) is 2.89. The van der Waals surface area contributed by atoms with Gasteiger partial charge in [0.1, 0.15) is 11.3 Å². The van der Waals surface area contributed by atoms with Gasteiger partial charge >= 0.3 is 12.1 Å². The summed E-state index contributed by atoms with van der Waals surface area (Å²) in [5, 5.41) is 10.5. The van der Waals surface area contributed by atoms with E-state index in [4.69, 9.17) is 18.6 Å². The molecule has 1 fully saturated rings. The zero-order chi connectivity index (χ0) is 27.6. The molecule has 3 aromatic rings. The molecule has 4 rings (SSSR count). The zero-order valence-electron chi connectivity index (χ0n) is 21.2. The number of aromatic hydroxyl groups is 1. The Balaban J connectivity index is 1.84. The van der Waals surface area contributed by atoms with Crippen LogP contribution in [0, 0.1) is 5.92 Å². The number of alkyl halides is 3. The number of carbonyl (C=O) groups excluding carboxylic acids is 1. The number of phenols is 1. The minimum atomic E-state index is -5.02. The lowest BCUT2D eigenvalue weighted by molar-refractivity contribution is -0.152. The first-order valence-corrected chi connectivity index (χ1v) is 12.1. The Morgan fingerprint density at radius 1 is 1.16 bits per heavy atom. The molecule has 2 heterocycles. The van der Waals surface area contributed by atoms with Crippen molar-refractivity contribution in [2.24, 2.45) is 5.92 Å². The van der Waals surface area contributed by atoms with E-state index in [1.54, 1.807) is 6.92 Å². The van der Waals surface area contributed by atoms with Crippen molar-refractivity contribution in [1.82, 2.24) is 4.90 Å². The minimum Gasteiger partial charge on any atom is -0.507 e. The highest BCUT2D eigenvalue weighted by molar-refractivity contribution is 5.87. The van der Waals surface area contributed by atoms with E-state index in [1.807, 2.05) is 4.90 Å². The summed E-state index contributed by atoms with van der Waals surface area (Å²) in [5.74, 6) is -2.11. The highest BCUT2D eigenvalue weighted by Gasteiger charge is 2.40. The summed E-state index contributed by atoms with van der Waals surface area (Å²) in [6.45, 7) is 2.78. The monoisotopic (exact) mass is 535 g/mol. The number of carbonyl (C=O) groups is 1. The second-order valence-electron chi connectivity index (χ2n) is 8.97. The van der Waals surface area contributed by atoms with E-state index in [0.717, 1.165) is 0 Å². The summed E-state index contributed by atoms with van der Waals surface area (Å²) in [4.78, 5) is 27.6. The fraction of sp³-hybridized carbons (Fsp3) is 0.407. The van der Waals surface area contributed by atoms with Crippen molar-refractivity contribution in [2.45, 2.75) is 32.5 Å². The van der Waals surface area contributed by atoms with Crippen LogP contribution in [0.2, 0.25) is 0 Å². The van der Waals surface area contributed by atoms with Gasteiger partial charge in [-0.15, -0.1) is 0 Å². The molecule has 11 heteroatoms. The molecule has 1 unspecified atom stereocenters. The molecule has 1 atom stereocenters. The maximum absolute atomic E-state index is 14.3. The molecule has 38 heavy (non-hydrogen) atoms. The molecule has 0 spiro atoms. The van der Waals surface area contributed by atoms with Crippen LogP contribution in [-0.2, 0) is 22.3 Å². The van der Waals surface area contributed by atoms with Crippen molar-refractivity contribution in [2.75, 3.05) is 33.9 Å². The summed E-state index contributed by atoms with van der Waals surface area (Å²) in [6, 6.07) is 6.49. The van der Waals surface area contributed by atoms with Gasteiger partial charge in [0, 0.05) is 13.1 Å². The van der Waals surface area contributed by atoms with Gasteiger partial charge in [0.2, 0.25) is 11.2 Å². The van der Waals surface area contributed by atoms with E-state index in [0.29, 0.717) is 25.9 Å². The second-order valence-corrected chi connectivity index (χ2v) is 8.97. The maximum atomic E-state index is 14.3. The quantitative estimate of drug-likeness (QED) is 0.423. The van der Waals surface area contributed by atoms with Crippen LogP contribution >= 0.6 is 0 Å². The Labute approximate surface area is 216 Å². The van der Waals surface area contributed by atoms with Gasteiger partial charge in [-0.25, -0.2) is 0 Å². The van der Waals surface area contributed by atoms with Crippen LogP contribution in [0.1, 0.15) is 31.1 Å². The molecule has 2 aromatic carbocycles. The van der Waals surface area contributed by atoms with Gasteiger partial charge in [0.05, 0.1) is 43.3 Å². The molecule has 0 bridgehead atoms. The Hall–Kier alpha value is -3.73. The highest BCUT2D eigenvalue weighted by atomic mass is 19.4. The van der Waals surface area contributed by atoms with Gasteiger partial charge in [-0.05, 0) is 56.1 Å². The Kier molecular flexibility index (Phi) is 7.86. The third kappa shape index (κ3) is 5.28. The van der Waals surface area contributed by atoms with Crippen LogP contribution in [0.4, 0.5) is 13.2 Å². The molecule has 1 N–H and O–H groups in total. The number of hydrogen-bond donors (Lipinski definition) is 1. The molecular formula is C27H28F3NO7. The molecule has 1 aromatic heterocycles. The number of esters is 1. The number of likely N-dealkylation sites (tertiary alicyclic amines) is 1. The maximum Gasteiger partial charge on any atom is 0.450 e. The number of benzene rings is 2. The van der Waals surface area contributed by atoms with Gasteiger partial charge in [0.15, 0.2) is 11.5 Å². The van der Waals surface area contributed by atoms with Crippen molar-refractivity contribution < 1.29 is 41.7 Å². The smallest absolute Gasteiger partial charge is 0.450 e. The predicted octanol–water partition coefficient (Wildman–Crippen LogP) is 4.98. The fourth-order valence-corrected chi connectivity index (χ4v) is 4.79. The van der Waals surface area contributed by atoms with Crippen LogP contribution in [0.25, 0.3) is 22.1 Å². The first-order valence-electron chi connectivity index (χ1n) is 12.1. The summed E-state index contributed by atoms with van der Waals surface area (Å²) in [5.41, 5.74) is -1.97. The number of phenolic OH excluding ortho intramolecular Hbond substituents is 1. The van der Waals surface area contributed by atoms with E-state index in [2.05, 4.69) is 0 Å². The van der Waals surface area contributed by atoms with Gasteiger partial charge < -0.3 is 23.7 Å². The molecule has 0 saturated carbocycles. The van der Waals surface area contributed by atoms with Crippen molar-refractivity contribution in [1.29, 1.82) is 0 Å². The van der Waals surface area contributed by atoms with Crippen molar-refractivity contribution in [3.8, 4) is 28.4 Å². The Bertz CT molecular complexity index is 1400. The van der Waals surface area contributed by atoms with Crippen LogP contribution in [0.15, 0.2) is 39.5 Å². The predicted molar refractivity (Wildman–Crippen MR) is 132 cm³/mol. The second kappa shape index (κ2) is 10.9. The Morgan fingerprint density at radius 3 is 2.55 bits per heavy atom. The lowest BCUT2D eigenvalue weighted by Crippen LogP contribution is -2.39. The summed E-state index contributed by atoms with van der Waals surface area (Å²) < 4.78 is 63.7. The number of methoxy groups -OCH3 is 2. The molecular weight excluding hydrogens is 507 g/mol. The average molecular weight is 536 g/mol.